The Labute approximate surface area is 156 Å². The van der Waals surface area contributed by atoms with E-state index in [1.807, 2.05) is 43.3 Å². The van der Waals surface area contributed by atoms with Crippen LogP contribution in [0.25, 0.3) is 0 Å². The summed E-state index contributed by atoms with van der Waals surface area (Å²) in [6.07, 6.45) is 3.97. The van der Waals surface area contributed by atoms with Crippen molar-refractivity contribution in [1.29, 1.82) is 0 Å². The molecule has 5 nitrogen and oxygen atoms in total. The number of aryl methyl sites for hydroxylation is 1. The first-order valence-corrected chi connectivity index (χ1v) is 8.74. The summed E-state index contributed by atoms with van der Waals surface area (Å²) in [5.74, 6) is 0.336. The summed E-state index contributed by atoms with van der Waals surface area (Å²) >= 11 is 6.13. The Kier molecular flexibility index (Phi) is 4.31. The van der Waals surface area contributed by atoms with Crippen molar-refractivity contribution < 1.29 is 4.79 Å². The second-order valence-corrected chi connectivity index (χ2v) is 6.63. The molecule has 0 unspecified atom stereocenters. The minimum atomic E-state index is -0.0834. The maximum absolute atomic E-state index is 12.8. The van der Waals surface area contributed by atoms with E-state index in [9.17, 15) is 4.79 Å². The number of carbonyl (C=O) groups is 1. The van der Waals surface area contributed by atoms with Gasteiger partial charge < -0.3 is 10.2 Å². The van der Waals surface area contributed by atoms with Crippen molar-refractivity contribution in [2.24, 2.45) is 0 Å². The van der Waals surface area contributed by atoms with Gasteiger partial charge in [-0.15, -0.1) is 0 Å². The highest BCUT2D eigenvalue weighted by Gasteiger charge is 2.25. The summed E-state index contributed by atoms with van der Waals surface area (Å²) in [5.41, 5.74) is 4.43. The molecule has 6 heteroatoms. The van der Waals surface area contributed by atoms with E-state index in [4.69, 9.17) is 11.6 Å². The van der Waals surface area contributed by atoms with Crippen LogP contribution >= 0.6 is 11.6 Å². The molecule has 0 radical (unpaired) electrons. The van der Waals surface area contributed by atoms with Crippen LogP contribution in [0.3, 0.4) is 0 Å². The molecule has 130 valence electrons. The monoisotopic (exact) mass is 364 g/mol. The van der Waals surface area contributed by atoms with E-state index in [2.05, 4.69) is 21.4 Å². The lowest BCUT2D eigenvalue weighted by Crippen LogP contribution is -2.29. The van der Waals surface area contributed by atoms with Crippen molar-refractivity contribution in [1.82, 2.24) is 9.97 Å². The number of halogens is 1. The SMILES string of the molecule is Cc1ccc(Nc2ncc(C(=O)N3CCc4ccccc43)cn2)cc1Cl. The molecule has 1 amide bonds. The molecule has 3 aromatic rings. The largest absolute Gasteiger partial charge is 0.324 e. The van der Waals surface area contributed by atoms with E-state index in [0.717, 1.165) is 23.4 Å². The van der Waals surface area contributed by atoms with Crippen molar-refractivity contribution in [2.45, 2.75) is 13.3 Å². The lowest BCUT2D eigenvalue weighted by molar-refractivity contribution is 0.0988. The summed E-state index contributed by atoms with van der Waals surface area (Å²) in [5, 5.41) is 3.77. The Morgan fingerprint density at radius 1 is 1.15 bits per heavy atom. The summed E-state index contributed by atoms with van der Waals surface area (Å²) in [6.45, 7) is 2.62. The summed E-state index contributed by atoms with van der Waals surface area (Å²) in [7, 11) is 0. The highest BCUT2D eigenvalue weighted by Crippen LogP contribution is 2.28. The first-order valence-electron chi connectivity index (χ1n) is 8.37. The number of hydrogen-bond acceptors (Lipinski definition) is 4. The highest BCUT2D eigenvalue weighted by molar-refractivity contribution is 6.31. The minimum absolute atomic E-state index is 0.0834. The summed E-state index contributed by atoms with van der Waals surface area (Å²) in [6, 6.07) is 13.6. The molecule has 0 spiro atoms. The Hall–Kier alpha value is -2.92. The minimum Gasteiger partial charge on any atom is -0.324 e. The molecule has 2 aromatic carbocycles. The first-order chi connectivity index (χ1) is 12.6. The third-order valence-corrected chi connectivity index (χ3v) is 4.87. The number of nitrogens with zero attached hydrogens (tertiary/aromatic N) is 3. The number of amides is 1. The van der Waals surface area contributed by atoms with Gasteiger partial charge in [-0.2, -0.15) is 0 Å². The van der Waals surface area contributed by atoms with Gasteiger partial charge in [-0.05, 0) is 42.7 Å². The molecule has 26 heavy (non-hydrogen) atoms. The van der Waals surface area contributed by atoms with E-state index in [0.29, 0.717) is 23.1 Å². The van der Waals surface area contributed by atoms with E-state index in [1.165, 1.54) is 5.56 Å². The maximum atomic E-state index is 12.8. The van der Waals surface area contributed by atoms with Crippen molar-refractivity contribution >= 4 is 34.8 Å². The lowest BCUT2D eigenvalue weighted by Gasteiger charge is -2.17. The van der Waals surface area contributed by atoms with Crippen molar-refractivity contribution in [3.8, 4) is 0 Å². The second kappa shape index (κ2) is 6.77. The normalized spacial score (nSPS) is 12.8. The van der Waals surface area contributed by atoms with Crippen molar-refractivity contribution in [3.63, 3.8) is 0 Å². The van der Waals surface area contributed by atoms with Crippen LogP contribution < -0.4 is 10.2 Å². The zero-order valence-electron chi connectivity index (χ0n) is 14.2. The Morgan fingerprint density at radius 2 is 1.92 bits per heavy atom. The zero-order valence-corrected chi connectivity index (χ0v) is 15.0. The molecule has 1 aromatic heterocycles. The van der Waals surface area contributed by atoms with Crippen LogP contribution in [0.1, 0.15) is 21.5 Å². The second-order valence-electron chi connectivity index (χ2n) is 6.22. The lowest BCUT2D eigenvalue weighted by atomic mass is 10.2. The highest BCUT2D eigenvalue weighted by atomic mass is 35.5. The molecule has 0 aliphatic carbocycles. The van der Waals surface area contributed by atoms with E-state index >= 15 is 0 Å². The van der Waals surface area contributed by atoms with Gasteiger partial charge in [0.15, 0.2) is 0 Å². The smallest absolute Gasteiger partial charge is 0.261 e. The number of rotatable bonds is 3. The number of para-hydroxylation sites is 1. The summed E-state index contributed by atoms with van der Waals surface area (Å²) in [4.78, 5) is 23.1. The number of carbonyl (C=O) groups excluding carboxylic acids is 1. The predicted octanol–water partition coefficient (Wildman–Crippen LogP) is 4.38. The molecule has 0 saturated heterocycles. The van der Waals surface area contributed by atoms with Gasteiger partial charge in [0.1, 0.15) is 0 Å². The molecular formula is C20H17ClN4O. The quantitative estimate of drug-likeness (QED) is 0.749. The topological polar surface area (TPSA) is 58.1 Å². The van der Waals surface area contributed by atoms with Crippen LogP contribution in [0.5, 0.6) is 0 Å². The Morgan fingerprint density at radius 3 is 2.69 bits per heavy atom. The molecule has 1 aliphatic rings. The molecule has 1 aliphatic heterocycles. The predicted molar refractivity (Wildman–Crippen MR) is 103 cm³/mol. The van der Waals surface area contributed by atoms with Crippen LogP contribution in [-0.4, -0.2) is 22.4 Å². The van der Waals surface area contributed by atoms with Gasteiger partial charge >= 0.3 is 0 Å². The fourth-order valence-electron chi connectivity index (χ4n) is 3.01. The van der Waals surface area contributed by atoms with Gasteiger partial charge in [0.05, 0.1) is 5.56 Å². The van der Waals surface area contributed by atoms with Crippen LogP contribution in [0.2, 0.25) is 5.02 Å². The molecule has 2 heterocycles. The van der Waals surface area contributed by atoms with Crippen molar-refractivity contribution in [3.05, 3.63) is 76.6 Å². The van der Waals surface area contributed by atoms with Gasteiger partial charge in [-0.3, -0.25) is 4.79 Å². The number of benzene rings is 2. The van der Waals surface area contributed by atoms with E-state index in [1.54, 1.807) is 17.3 Å². The van der Waals surface area contributed by atoms with E-state index < -0.39 is 0 Å². The average molecular weight is 365 g/mol. The number of fused-ring (bicyclic) bond motifs is 1. The third kappa shape index (κ3) is 3.13. The van der Waals surface area contributed by atoms with Gasteiger partial charge in [0.2, 0.25) is 5.95 Å². The van der Waals surface area contributed by atoms with Gasteiger partial charge in [0, 0.05) is 35.3 Å². The van der Waals surface area contributed by atoms with Crippen molar-refractivity contribution in [2.75, 3.05) is 16.8 Å². The number of aromatic nitrogens is 2. The van der Waals surface area contributed by atoms with Crippen LogP contribution in [0.15, 0.2) is 54.9 Å². The number of anilines is 3. The molecule has 4 rings (SSSR count). The fourth-order valence-corrected chi connectivity index (χ4v) is 3.19. The number of hydrogen-bond donors (Lipinski definition) is 1. The molecule has 0 saturated carbocycles. The van der Waals surface area contributed by atoms with Crippen LogP contribution in [0.4, 0.5) is 17.3 Å². The van der Waals surface area contributed by atoms with Gasteiger partial charge in [-0.25, -0.2) is 9.97 Å². The number of nitrogens with one attached hydrogen (secondary N) is 1. The standard InChI is InChI=1S/C20H17ClN4O/c1-13-6-7-16(10-17(13)21)24-20-22-11-15(12-23-20)19(26)25-9-8-14-4-2-3-5-18(14)25/h2-7,10-12H,8-9H2,1H3,(H,22,23,24). The maximum Gasteiger partial charge on any atom is 0.261 e. The van der Waals surface area contributed by atoms with Gasteiger partial charge in [0.25, 0.3) is 5.91 Å². The third-order valence-electron chi connectivity index (χ3n) is 4.46. The molecule has 0 bridgehead atoms. The van der Waals surface area contributed by atoms with Crippen LogP contribution in [0, 0.1) is 6.92 Å². The average Bonchev–Trinajstić information content (AvgIpc) is 3.09. The van der Waals surface area contributed by atoms with Crippen LogP contribution in [-0.2, 0) is 6.42 Å². The van der Waals surface area contributed by atoms with Gasteiger partial charge in [-0.1, -0.05) is 35.9 Å². The Balaban J connectivity index is 1.51. The first kappa shape index (κ1) is 16.5. The fraction of sp³-hybridized carbons (Fsp3) is 0.150. The molecule has 1 N–H and O–H groups in total. The van der Waals surface area contributed by atoms with E-state index in [-0.39, 0.29) is 5.91 Å². The Bertz CT molecular complexity index is 972. The molecule has 0 fully saturated rings. The zero-order chi connectivity index (χ0) is 18.1. The summed E-state index contributed by atoms with van der Waals surface area (Å²) < 4.78 is 0. The molecular weight excluding hydrogens is 348 g/mol. The molecule has 0 atom stereocenters.